The first-order valence-corrected chi connectivity index (χ1v) is 10.7. The summed E-state index contributed by atoms with van der Waals surface area (Å²) in [4.78, 5) is 27.2. The highest BCUT2D eigenvalue weighted by Crippen LogP contribution is 2.45. The maximum Gasteiger partial charge on any atom is 0.476 e. The molecule has 0 saturated carbocycles. The largest absolute Gasteiger partial charge is 0.476 e. The molecule has 1 aliphatic heterocycles. The van der Waals surface area contributed by atoms with Gasteiger partial charge in [-0.25, -0.2) is 14.0 Å². The molecule has 0 aromatic carbocycles. The molecule has 10 nitrogen and oxygen atoms in total. The van der Waals surface area contributed by atoms with Crippen LogP contribution in [0.1, 0.15) is 23.2 Å². The summed E-state index contributed by atoms with van der Waals surface area (Å²) in [6.45, 7) is -2.18. The summed E-state index contributed by atoms with van der Waals surface area (Å²) < 4.78 is 139. The Morgan fingerprint density at radius 1 is 1.18 bits per heavy atom. The molecular weight excluding hydrogens is 569 g/mol. The molecule has 3 heterocycles. The number of halogens is 9. The van der Waals surface area contributed by atoms with E-state index in [1.165, 1.54) is 6.07 Å². The summed E-state index contributed by atoms with van der Waals surface area (Å²) in [5.41, 5.74) is -12.2. The van der Waals surface area contributed by atoms with Crippen molar-refractivity contribution in [2.45, 2.75) is 34.7 Å². The Balaban J connectivity index is 2.36. The number of nitrogens with zero attached hydrogens (tertiary/aromatic N) is 4. The maximum atomic E-state index is 13.4. The number of anilines is 1. The lowest BCUT2D eigenvalue weighted by atomic mass is 9.84. The molecule has 1 aliphatic rings. The lowest BCUT2D eigenvalue weighted by molar-refractivity contribution is -0.187. The number of esters is 2. The van der Waals surface area contributed by atoms with Crippen molar-refractivity contribution in [2.75, 3.05) is 19.0 Å². The van der Waals surface area contributed by atoms with Gasteiger partial charge in [-0.3, -0.25) is 4.79 Å². The number of fused-ring (bicyclic) bond motifs is 3. The predicted molar refractivity (Wildman–Crippen MR) is 102 cm³/mol. The number of ether oxygens (including phenoxy) is 2. The fraction of sp³-hybridized carbons (Fsp3) is 0.389. The van der Waals surface area contributed by atoms with Crippen LogP contribution in [0, 0.1) is 11.3 Å². The monoisotopic (exact) mass is 579 g/mol. The van der Waals surface area contributed by atoms with E-state index in [9.17, 15) is 58.6 Å². The molecule has 0 spiro atoms. The molecule has 3 rings (SSSR count). The highest BCUT2D eigenvalue weighted by Gasteiger charge is 2.54. The van der Waals surface area contributed by atoms with Gasteiger partial charge in [0.05, 0.1) is 19.1 Å². The van der Waals surface area contributed by atoms with Crippen molar-refractivity contribution in [3.8, 4) is 11.9 Å². The summed E-state index contributed by atoms with van der Waals surface area (Å²) in [5.74, 6) is -5.47. The van der Waals surface area contributed by atoms with Crippen LogP contribution in [0.4, 0.5) is 45.3 Å². The first-order chi connectivity index (χ1) is 17.4. The first-order valence-electron chi connectivity index (χ1n) is 9.54. The van der Waals surface area contributed by atoms with Crippen LogP contribution in [0.2, 0.25) is 0 Å². The van der Waals surface area contributed by atoms with Crippen LogP contribution in [0.3, 0.4) is 0 Å². The first kappa shape index (κ1) is 28.7. The molecule has 2 unspecified atom stereocenters. The highest BCUT2D eigenvalue weighted by atomic mass is 32.2. The molecule has 206 valence electrons. The number of methoxy groups -OCH3 is 1. The van der Waals surface area contributed by atoms with Gasteiger partial charge < -0.3 is 14.8 Å². The second-order valence-corrected chi connectivity index (χ2v) is 8.74. The molecule has 2 aromatic heterocycles. The van der Waals surface area contributed by atoms with Crippen LogP contribution >= 0.6 is 0 Å². The third-order valence-corrected chi connectivity index (χ3v) is 6.05. The van der Waals surface area contributed by atoms with Crippen molar-refractivity contribution in [3.05, 3.63) is 29.1 Å². The topological polar surface area (TPSA) is 136 Å². The van der Waals surface area contributed by atoms with Gasteiger partial charge in [0, 0.05) is 11.8 Å². The standard InChI is InChI=1S/C18H10F9N5O5S/c1-36-14(34)15(3-10(33)37-6-16(19,20)21)8-2-7(17(22,23)24)5-29-12(8)32-13(30-15)11(9(4-28)31-32)38(35)18(25,26)27/h2,5,30H,3,6H2,1H3. The SMILES string of the molecule is COC(=O)C1(CC(=O)OCC(F)(F)F)Nc2c(S(=O)C(F)(F)F)c(C#N)nn2-c2ncc(C(F)(F)F)cc21. The number of alkyl halides is 9. The summed E-state index contributed by atoms with van der Waals surface area (Å²) >= 11 is 0. The molecule has 0 aliphatic carbocycles. The van der Waals surface area contributed by atoms with Crippen LogP contribution in [0.25, 0.3) is 5.82 Å². The Hall–Kier alpha value is -3.89. The van der Waals surface area contributed by atoms with Gasteiger partial charge in [-0.15, -0.1) is 0 Å². The van der Waals surface area contributed by atoms with Crippen molar-refractivity contribution in [1.82, 2.24) is 14.8 Å². The van der Waals surface area contributed by atoms with Crippen molar-refractivity contribution >= 4 is 28.6 Å². The summed E-state index contributed by atoms with van der Waals surface area (Å²) in [6, 6.07) is 1.44. The zero-order valence-electron chi connectivity index (χ0n) is 18.2. The van der Waals surface area contributed by atoms with Crippen molar-refractivity contribution in [3.63, 3.8) is 0 Å². The fourth-order valence-corrected chi connectivity index (χ4v) is 4.18. The Morgan fingerprint density at radius 2 is 1.82 bits per heavy atom. The fourth-order valence-electron chi connectivity index (χ4n) is 3.37. The second kappa shape index (κ2) is 9.45. The van der Waals surface area contributed by atoms with Gasteiger partial charge in [-0.2, -0.15) is 54.6 Å². The molecule has 1 N–H and O–H groups in total. The molecule has 20 heteroatoms. The Bertz CT molecular complexity index is 1360. The van der Waals surface area contributed by atoms with E-state index < -0.39 is 92.5 Å². The van der Waals surface area contributed by atoms with Gasteiger partial charge in [0.25, 0.3) is 0 Å². The van der Waals surface area contributed by atoms with E-state index in [-0.39, 0.29) is 12.3 Å². The lowest BCUT2D eigenvalue weighted by Gasteiger charge is -2.37. The number of aromatic nitrogens is 3. The minimum atomic E-state index is -5.52. The molecule has 2 atom stereocenters. The Morgan fingerprint density at radius 3 is 2.32 bits per heavy atom. The van der Waals surface area contributed by atoms with E-state index in [0.717, 1.165) is 0 Å². The van der Waals surface area contributed by atoms with E-state index in [1.54, 1.807) is 0 Å². The smallest absolute Gasteiger partial charge is 0.467 e. The summed E-state index contributed by atoms with van der Waals surface area (Å²) in [6.07, 6.45) is -11.6. The summed E-state index contributed by atoms with van der Waals surface area (Å²) in [7, 11) is -3.39. The van der Waals surface area contributed by atoms with Gasteiger partial charge in [0.2, 0.25) is 0 Å². The average Bonchev–Trinajstić information content (AvgIpc) is 3.17. The normalized spacial score (nSPS) is 17.9. The molecule has 0 fully saturated rings. The minimum absolute atomic E-state index is 0.173. The highest BCUT2D eigenvalue weighted by molar-refractivity contribution is 7.86. The molecule has 38 heavy (non-hydrogen) atoms. The number of hydrogen-bond donors (Lipinski definition) is 1. The van der Waals surface area contributed by atoms with Gasteiger partial charge in [0.15, 0.2) is 40.3 Å². The average molecular weight is 579 g/mol. The van der Waals surface area contributed by atoms with E-state index in [4.69, 9.17) is 0 Å². The second-order valence-electron chi connectivity index (χ2n) is 7.33. The van der Waals surface area contributed by atoms with Gasteiger partial charge in [-0.1, -0.05) is 0 Å². The summed E-state index contributed by atoms with van der Waals surface area (Å²) in [5, 5.41) is 14.7. The molecule has 0 amide bonds. The van der Waals surface area contributed by atoms with Crippen LogP contribution in [-0.4, -0.2) is 56.3 Å². The van der Waals surface area contributed by atoms with Crippen LogP contribution < -0.4 is 5.32 Å². The van der Waals surface area contributed by atoms with E-state index >= 15 is 0 Å². The Labute approximate surface area is 206 Å². The molecule has 0 radical (unpaired) electrons. The number of nitrogens with one attached hydrogen (secondary N) is 1. The number of hydrogen-bond acceptors (Lipinski definition) is 9. The molecule has 0 bridgehead atoms. The van der Waals surface area contributed by atoms with Gasteiger partial charge >= 0.3 is 29.8 Å². The minimum Gasteiger partial charge on any atom is -0.467 e. The van der Waals surface area contributed by atoms with Crippen molar-refractivity contribution < 1.29 is 62.8 Å². The number of pyridine rings is 1. The van der Waals surface area contributed by atoms with Gasteiger partial charge in [0.1, 0.15) is 11.0 Å². The maximum absolute atomic E-state index is 13.4. The van der Waals surface area contributed by atoms with E-state index in [2.05, 4.69) is 19.6 Å². The van der Waals surface area contributed by atoms with E-state index in [1.807, 2.05) is 5.32 Å². The molecule has 0 saturated heterocycles. The van der Waals surface area contributed by atoms with Crippen LogP contribution in [0.5, 0.6) is 0 Å². The molecular formula is C18H10F9N5O5S. The zero-order chi connectivity index (χ0) is 28.8. The third-order valence-electron chi connectivity index (χ3n) is 4.87. The number of carbonyl (C=O) groups excluding carboxylic acids is 2. The molecule has 2 aromatic rings. The van der Waals surface area contributed by atoms with Crippen molar-refractivity contribution in [2.24, 2.45) is 0 Å². The van der Waals surface area contributed by atoms with Crippen LogP contribution in [0.15, 0.2) is 17.2 Å². The quantitative estimate of drug-likeness (QED) is 0.419. The Kier molecular flexibility index (Phi) is 7.13. The predicted octanol–water partition coefficient (Wildman–Crippen LogP) is 3.07. The third kappa shape index (κ3) is 5.23. The number of carbonyl (C=O) groups is 2. The van der Waals surface area contributed by atoms with Crippen LogP contribution in [-0.2, 0) is 41.6 Å². The van der Waals surface area contributed by atoms with Crippen molar-refractivity contribution in [1.29, 1.82) is 5.26 Å². The number of nitriles is 1. The number of rotatable bonds is 5. The lowest BCUT2D eigenvalue weighted by Crippen LogP contribution is -2.50. The van der Waals surface area contributed by atoms with E-state index in [0.29, 0.717) is 11.8 Å². The van der Waals surface area contributed by atoms with Gasteiger partial charge in [-0.05, 0) is 6.07 Å². The zero-order valence-corrected chi connectivity index (χ0v) is 19.0.